The van der Waals surface area contributed by atoms with Crippen LogP contribution in [0.15, 0.2) is 18.2 Å². The largest absolute Gasteiger partial charge is 0.496 e. The van der Waals surface area contributed by atoms with Crippen molar-refractivity contribution in [2.24, 2.45) is 5.92 Å². The van der Waals surface area contributed by atoms with Gasteiger partial charge in [-0.2, -0.15) is 0 Å². The van der Waals surface area contributed by atoms with Gasteiger partial charge in [-0.1, -0.05) is 13.0 Å². The van der Waals surface area contributed by atoms with Crippen LogP contribution in [-0.4, -0.2) is 31.0 Å². The molecule has 0 radical (unpaired) electrons. The molecule has 2 N–H and O–H groups in total. The fourth-order valence-corrected chi connectivity index (χ4v) is 1.56. The second-order valence-corrected chi connectivity index (χ2v) is 3.68. The number of ether oxygens (including phenoxy) is 2. The van der Waals surface area contributed by atoms with E-state index in [1.807, 2.05) is 0 Å². The van der Waals surface area contributed by atoms with E-state index in [1.165, 1.54) is 14.2 Å². The van der Waals surface area contributed by atoms with Gasteiger partial charge in [-0.25, -0.2) is 0 Å². The van der Waals surface area contributed by atoms with Gasteiger partial charge in [-0.05, 0) is 12.1 Å². The minimum Gasteiger partial charge on any atom is -0.496 e. The second kappa shape index (κ2) is 5.72. The lowest BCUT2D eigenvalue weighted by Gasteiger charge is -2.21. The molecular weight excluding hydrogens is 208 g/mol. The molecule has 0 saturated carbocycles. The number of methoxy groups -OCH3 is 2. The smallest absolute Gasteiger partial charge is 0.128 e. The lowest BCUT2D eigenvalue weighted by Crippen LogP contribution is -2.14. The molecule has 1 aromatic rings. The first-order valence-corrected chi connectivity index (χ1v) is 5.15. The van der Waals surface area contributed by atoms with Crippen molar-refractivity contribution in [3.63, 3.8) is 0 Å². The summed E-state index contributed by atoms with van der Waals surface area (Å²) in [5.74, 6) is 0.851. The van der Waals surface area contributed by atoms with Crippen molar-refractivity contribution in [1.29, 1.82) is 0 Å². The fourth-order valence-electron chi connectivity index (χ4n) is 1.56. The first-order chi connectivity index (χ1) is 7.65. The summed E-state index contributed by atoms with van der Waals surface area (Å²) >= 11 is 0. The summed E-state index contributed by atoms with van der Waals surface area (Å²) in [6, 6.07) is 5.30. The van der Waals surface area contributed by atoms with Crippen LogP contribution in [0.2, 0.25) is 0 Å². The van der Waals surface area contributed by atoms with Gasteiger partial charge in [0.2, 0.25) is 0 Å². The molecule has 0 fully saturated rings. The first kappa shape index (κ1) is 12.8. The van der Waals surface area contributed by atoms with Gasteiger partial charge < -0.3 is 19.7 Å². The standard InChI is InChI=1S/C12H18O4/c1-8(7-13)12(14)11-9(15-2)5-4-6-10(11)16-3/h4-6,8,12-14H,7H2,1-3H3/t8-,12+/m1/s1. The normalized spacial score (nSPS) is 14.3. The number of hydrogen-bond acceptors (Lipinski definition) is 4. The average molecular weight is 226 g/mol. The van der Waals surface area contributed by atoms with E-state index in [-0.39, 0.29) is 12.5 Å². The Labute approximate surface area is 95.4 Å². The summed E-state index contributed by atoms with van der Waals surface area (Å²) in [6.45, 7) is 1.67. The molecule has 0 amide bonds. The number of aliphatic hydroxyl groups excluding tert-OH is 2. The Balaban J connectivity index is 3.17. The highest BCUT2D eigenvalue weighted by Crippen LogP contribution is 2.37. The zero-order chi connectivity index (χ0) is 12.1. The Morgan fingerprint density at radius 1 is 1.19 bits per heavy atom. The van der Waals surface area contributed by atoms with Crippen molar-refractivity contribution in [1.82, 2.24) is 0 Å². The quantitative estimate of drug-likeness (QED) is 0.796. The zero-order valence-electron chi connectivity index (χ0n) is 9.80. The third kappa shape index (κ3) is 2.46. The maximum atomic E-state index is 10.1. The molecule has 16 heavy (non-hydrogen) atoms. The molecule has 0 aliphatic rings. The van der Waals surface area contributed by atoms with Crippen LogP contribution in [0.1, 0.15) is 18.6 Å². The molecule has 0 saturated heterocycles. The third-order valence-corrected chi connectivity index (χ3v) is 2.59. The van der Waals surface area contributed by atoms with E-state index in [0.717, 1.165) is 0 Å². The Hall–Kier alpha value is -1.26. The molecule has 90 valence electrons. The van der Waals surface area contributed by atoms with E-state index in [4.69, 9.17) is 14.6 Å². The van der Waals surface area contributed by atoms with Crippen molar-refractivity contribution in [3.8, 4) is 11.5 Å². The highest BCUT2D eigenvalue weighted by Gasteiger charge is 2.23. The van der Waals surface area contributed by atoms with E-state index >= 15 is 0 Å². The zero-order valence-corrected chi connectivity index (χ0v) is 9.80. The van der Waals surface area contributed by atoms with Crippen LogP contribution >= 0.6 is 0 Å². The molecule has 0 heterocycles. The van der Waals surface area contributed by atoms with Gasteiger partial charge in [-0.15, -0.1) is 0 Å². The molecule has 4 nitrogen and oxygen atoms in total. The molecule has 1 aromatic carbocycles. The number of aliphatic hydroxyl groups is 2. The van der Waals surface area contributed by atoms with Gasteiger partial charge in [0, 0.05) is 12.5 Å². The molecule has 0 unspecified atom stereocenters. The van der Waals surface area contributed by atoms with Crippen molar-refractivity contribution in [2.45, 2.75) is 13.0 Å². The molecule has 4 heteroatoms. The molecule has 0 spiro atoms. The van der Waals surface area contributed by atoms with E-state index < -0.39 is 6.10 Å². The van der Waals surface area contributed by atoms with Crippen LogP contribution in [-0.2, 0) is 0 Å². The van der Waals surface area contributed by atoms with Crippen molar-refractivity contribution >= 4 is 0 Å². The Morgan fingerprint density at radius 3 is 2.06 bits per heavy atom. The maximum Gasteiger partial charge on any atom is 0.128 e. The summed E-state index contributed by atoms with van der Waals surface area (Å²) in [7, 11) is 3.07. The monoisotopic (exact) mass is 226 g/mol. The van der Waals surface area contributed by atoms with Crippen molar-refractivity contribution < 1.29 is 19.7 Å². The van der Waals surface area contributed by atoms with Crippen LogP contribution in [0.5, 0.6) is 11.5 Å². The average Bonchev–Trinajstić information content (AvgIpc) is 2.35. The highest BCUT2D eigenvalue weighted by atomic mass is 16.5. The molecular formula is C12H18O4. The summed E-state index contributed by atoms with van der Waals surface area (Å²) in [4.78, 5) is 0. The van der Waals surface area contributed by atoms with Crippen LogP contribution < -0.4 is 9.47 Å². The van der Waals surface area contributed by atoms with E-state index in [0.29, 0.717) is 17.1 Å². The fraction of sp³-hybridized carbons (Fsp3) is 0.500. The number of rotatable bonds is 5. The molecule has 0 aromatic heterocycles. The Bertz CT molecular complexity index is 316. The van der Waals surface area contributed by atoms with Crippen LogP contribution in [0.25, 0.3) is 0 Å². The van der Waals surface area contributed by atoms with E-state index in [2.05, 4.69) is 0 Å². The summed E-state index contributed by atoms with van der Waals surface area (Å²) < 4.78 is 10.4. The third-order valence-electron chi connectivity index (χ3n) is 2.59. The second-order valence-electron chi connectivity index (χ2n) is 3.68. The van der Waals surface area contributed by atoms with Gasteiger partial charge in [0.25, 0.3) is 0 Å². The van der Waals surface area contributed by atoms with E-state index in [9.17, 15) is 5.11 Å². The predicted octanol–water partition coefficient (Wildman–Crippen LogP) is 1.37. The number of hydrogen-bond donors (Lipinski definition) is 2. The molecule has 0 aliphatic carbocycles. The lowest BCUT2D eigenvalue weighted by molar-refractivity contribution is 0.0729. The summed E-state index contributed by atoms with van der Waals surface area (Å²) in [6.07, 6.45) is -0.809. The van der Waals surface area contributed by atoms with Gasteiger partial charge >= 0.3 is 0 Å². The summed E-state index contributed by atoms with van der Waals surface area (Å²) in [5.41, 5.74) is 0.578. The summed E-state index contributed by atoms with van der Waals surface area (Å²) in [5, 5.41) is 19.1. The minimum atomic E-state index is -0.809. The van der Waals surface area contributed by atoms with Gasteiger partial charge in [0.15, 0.2) is 0 Å². The lowest BCUT2D eigenvalue weighted by atomic mass is 9.96. The van der Waals surface area contributed by atoms with Gasteiger partial charge in [-0.3, -0.25) is 0 Å². The minimum absolute atomic E-state index is 0.0949. The van der Waals surface area contributed by atoms with Gasteiger partial charge in [0.1, 0.15) is 11.5 Å². The Morgan fingerprint density at radius 2 is 1.69 bits per heavy atom. The van der Waals surface area contributed by atoms with Gasteiger partial charge in [0.05, 0.1) is 25.9 Å². The first-order valence-electron chi connectivity index (χ1n) is 5.15. The van der Waals surface area contributed by atoms with Crippen molar-refractivity contribution in [3.05, 3.63) is 23.8 Å². The SMILES string of the molecule is COc1cccc(OC)c1[C@@H](O)[C@H](C)CO. The predicted molar refractivity (Wildman–Crippen MR) is 60.8 cm³/mol. The topological polar surface area (TPSA) is 58.9 Å². The van der Waals surface area contributed by atoms with Crippen molar-refractivity contribution in [2.75, 3.05) is 20.8 Å². The molecule has 0 bridgehead atoms. The van der Waals surface area contributed by atoms with Crippen LogP contribution in [0.4, 0.5) is 0 Å². The number of benzene rings is 1. The maximum absolute atomic E-state index is 10.1. The molecule has 1 rings (SSSR count). The highest BCUT2D eigenvalue weighted by molar-refractivity contribution is 5.46. The van der Waals surface area contributed by atoms with E-state index in [1.54, 1.807) is 25.1 Å². The van der Waals surface area contributed by atoms with Crippen LogP contribution in [0, 0.1) is 5.92 Å². The van der Waals surface area contributed by atoms with Crippen LogP contribution in [0.3, 0.4) is 0 Å². The Kier molecular flexibility index (Phi) is 4.58. The molecule has 0 aliphatic heterocycles. The molecule has 2 atom stereocenters.